The predicted molar refractivity (Wildman–Crippen MR) is 66.5 cm³/mol. The van der Waals surface area contributed by atoms with Crippen LogP contribution in [0.15, 0.2) is 48.9 Å². The summed E-state index contributed by atoms with van der Waals surface area (Å²) < 4.78 is 1.64. The largest absolute Gasteiger partial charge is 0.481 e. The number of carboxylic acids is 1. The summed E-state index contributed by atoms with van der Waals surface area (Å²) in [5.74, 6) is -0.974. The Hall–Kier alpha value is -2.56. The molecule has 0 aliphatic carbocycles. The molecule has 1 aromatic carbocycles. The first-order valence-electron chi connectivity index (χ1n) is 5.79. The smallest absolute Gasteiger partial charge is 0.309 e. The van der Waals surface area contributed by atoms with Crippen molar-refractivity contribution < 1.29 is 19.3 Å². The Morgan fingerprint density at radius 2 is 1.95 bits per heavy atom. The van der Waals surface area contributed by atoms with E-state index in [1.54, 1.807) is 41.2 Å². The van der Waals surface area contributed by atoms with Gasteiger partial charge in [-0.25, -0.2) is 4.98 Å². The number of nitrogens with zero attached hydrogens (tertiary/aromatic N) is 2. The van der Waals surface area contributed by atoms with Crippen molar-refractivity contribution in [2.45, 2.75) is 13.0 Å². The molecule has 2 aromatic rings. The lowest BCUT2D eigenvalue weighted by atomic mass is 10.1. The Kier molecular flexibility index (Phi) is 3.97. The predicted octanol–water partition coefficient (Wildman–Crippen LogP) is 0.879. The van der Waals surface area contributed by atoms with Crippen LogP contribution in [0.4, 0.5) is 0 Å². The minimum absolute atomic E-state index is 0.0296. The van der Waals surface area contributed by atoms with Crippen LogP contribution in [0, 0.1) is 0 Å². The number of aromatic nitrogens is 2. The molecule has 5 heteroatoms. The third kappa shape index (κ3) is 3.70. The topological polar surface area (TPSA) is 71.1 Å². The second kappa shape index (κ2) is 5.86. The Labute approximate surface area is 110 Å². The van der Waals surface area contributed by atoms with Crippen molar-refractivity contribution >= 4 is 11.8 Å². The van der Waals surface area contributed by atoms with Crippen molar-refractivity contribution in [2.75, 3.05) is 0 Å². The summed E-state index contributed by atoms with van der Waals surface area (Å²) in [6.45, 7) is 0.166. The maximum absolute atomic E-state index is 12.0. The summed E-state index contributed by atoms with van der Waals surface area (Å²) in [4.78, 5) is 26.5. The van der Waals surface area contributed by atoms with E-state index in [0.29, 0.717) is 11.3 Å². The van der Waals surface area contributed by atoms with Crippen molar-refractivity contribution in [2.24, 2.45) is 0 Å². The SMILES string of the molecule is O=C(O)Cc1c[n+](CC(=O)c2ccccc2)ccn1. The van der Waals surface area contributed by atoms with Crippen LogP contribution in [0.1, 0.15) is 16.1 Å². The fraction of sp³-hybridized carbons (Fsp3) is 0.143. The van der Waals surface area contributed by atoms with Crippen molar-refractivity contribution in [3.63, 3.8) is 0 Å². The Bertz CT molecular complexity index is 597. The van der Waals surface area contributed by atoms with E-state index < -0.39 is 5.97 Å². The highest BCUT2D eigenvalue weighted by molar-refractivity contribution is 5.94. The van der Waals surface area contributed by atoms with E-state index in [9.17, 15) is 9.59 Å². The molecule has 0 aliphatic rings. The number of hydrogen-bond acceptors (Lipinski definition) is 3. The fourth-order valence-corrected chi connectivity index (χ4v) is 1.71. The molecule has 1 heterocycles. The summed E-state index contributed by atoms with van der Waals surface area (Å²) >= 11 is 0. The lowest BCUT2D eigenvalue weighted by molar-refractivity contribution is -0.684. The summed E-state index contributed by atoms with van der Waals surface area (Å²) in [6, 6.07) is 8.96. The number of carboxylic acid groups (broad SMARTS) is 1. The molecule has 2 rings (SSSR count). The van der Waals surface area contributed by atoms with Crippen LogP contribution in [0.2, 0.25) is 0 Å². The zero-order valence-electron chi connectivity index (χ0n) is 10.2. The van der Waals surface area contributed by atoms with Crippen molar-refractivity contribution in [1.29, 1.82) is 0 Å². The quantitative estimate of drug-likeness (QED) is 0.637. The molecule has 19 heavy (non-hydrogen) atoms. The van der Waals surface area contributed by atoms with E-state index in [1.165, 1.54) is 6.20 Å². The van der Waals surface area contributed by atoms with Crippen LogP contribution in [0.25, 0.3) is 0 Å². The molecule has 0 fully saturated rings. The van der Waals surface area contributed by atoms with Gasteiger partial charge in [-0.3, -0.25) is 9.59 Å². The van der Waals surface area contributed by atoms with Gasteiger partial charge in [0.25, 0.3) is 0 Å². The number of Topliss-reactive ketones (excluding diaryl/α,β-unsaturated/α-hetero) is 1. The first-order chi connectivity index (χ1) is 9.15. The van der Waals surface area contributed by atoms with Gasteiger partial charge in [0.2, 0.25) is 12.3 Å². The third-order valence-electron chi connectivity index (χ3n) is 2.57. The Morgan fingerprint density at radius 3 is 2.63 bits per heavy atom. The van der Waals surface area contributed by atoms with Gasteiger partial charge in [0.15, 0.2) is 12.4 Å². The highest BCUT2D eigenvalue weighted by atomic mass is 16.4. The molecule has 0 aliphatic heterocycles. The van der Waals surface area contributed by atoms with Crippen molar-refractivity contribution in [3.8, 4) is 0 Å². The van der Waals surface area contributed by atoms with Crippen LogP contribution in [0.5, 0.6) is 0 Å². The Morgan fingerprint density at radius 1 is 1.21 bits per heavy atom. The molecule has 0 unspecified atom stereocenters. The second-order valence-corrected chi connectivity index (χ2v) is 4.08. The average molecular weight is 257 g/mol. The number of hydrogen-bond donors (Lipinski definition) is 1. The fourth-order valence-electron chi connectivity index (χ4n) is 1.71. The molecule has 1 N–H and O–H groups in total. The highest BCUT2D eigenvalue weighted by Gasteiger charge is 2.13. The van der Waals surface area contributed by atoms with Gasteiger partial charge < -0.3 is 5.11 Å². The van der Waals surface area contributed by atoms with Crippen LogP contribution in [0.3, 0.4) is 0 Å². The minimum Gasteiger partial charge on any atom is -0.481 e. The van der Waals surface area contributed by atoms with Crippen LogP contribution >= 0.6 is 0 Å². The number of carbonyl (C=O) groups is 2. The summed E-state index contributed by atoms with van der Waals surface area (Å²) in [6.07, 6.45) is 4.57. The number of rotatable bonds is 5. The lowest BCUT2D eigenvalue weighted by Gasteiger charge is -1.99. The number of ketones is 1. The minimum atomic E-state index is -0.945. The van der Waals surface area contributed by atoms with Crippen LogP contribution < -0.4 is 4.57 Å². The molecule has 5 nitrogen and oxygen atoms in total. The van der Waals surface area contributed by atoms with Gasteiger partial charge in [-0.2, -0.15) is 4.57 Å². The Balaban J connectivity index is 2.11. The molecule has 0 saturated carbocycles. The van der Waals surface area contributed by atoms with E-state index in [2.05, 4.69) is 4.98 Å². The molecule has 0 atom stereocenters. The first kappa shape index (κ1) is 12.9. The van der Waals surface area contributed by atoms with E-state index >= 15 is 0 Å². The molecular formula is C14H13N2O3+. The molecular weight excluding hydrogens is 244 g/mol. The van der Waals surface area contributed by atoms with Gasteiger partial charge >= 0.3 is 5.97 Å². The second-order valence-electron chi connectivity index (χ2n) is 4.08. The first-order valence-corrected chi connectivity index (χ1v) is 5.79. The van der Waals surface area contributed by atoms with Gasteiger partial charge in [0.05, 0.1) is 12.6 Å². The zero-order valence-corrected chi connectivity index (χ0v) is 10.2. The monoisotopic (exact) mass is 257 g/mol. The van der Waals surface area contributed by atoms with Crippen LogP contribution in [-0.2, 0) is 17.8 Å². The molecule has 1 aromatic heterocycles. The molecule has 0 spiro atoms. The van der Waals surface area contributed by atoms with Gasteiger partial charge in [-0.15, -0.1) is 0 Å². The maximum Gasteiger partial charge on any atom is 0.309 e. The molecule has 0 saturated heterocycles. The van der Waals surface area contributed by atoms with Gasteiger partial charge in [0.1, 0.15) is 5.69 Å². The average Bonchev–Trinajstić information content (AvgIpc) is 2.39. The van der Waals surface area contributed by atoms with E-state index in [-0.39, 0.29) is 18.7 Å². The van der Waals surface area contributed by atoms with Gasteiger partial charge in [-0.05, 0) is 0 Å². The number of aliphatic carboxylic acids is 1. The summed E-state index contributed by atoms with van der Waals surface area (Å²) in [5, 5.41) is 8.70. The molecule has 0 bridgehead atoms. The zero-order chi connectivity index (χ0) is 13.7. The van der Waals surface area contributed by atoms with Crippen molar-refractivity contribution in [1.82, 2.24) is 4.98 Å². The maximum atomic E-state index is 12.0. The molecule has 96 valence electrons. The molecule has 0 amide bonds. The third-order valence-corrected chi connectivity index (χ3v) is 2.57. The van der Waals surface area contributed by atoms with Crippen LogP contribution in [-0.4, -0.2) is 21.8 Å². The number of carbonyl (C=O) groups excluding carboxylic acids is 1. The standard InChI is InChI=1S/C14H12N2O3/c17-13(11-4-2-1-3-5-11)10-16-7-6-15-12(9-16)8-14(18)19/h1-7,9H,8,10H2/p+1. The summed E-state index contributed by atoms with van der Waals surface area (Å²) in [7, 11) is 0. The van der Waals surface area contributed by atoms with Crippen molar-refractivity contribution in [3.05, 3.63) is 60.2 Å². The number of benzene rings is 1. The van der Waals surface area contributed by atoms with Gasteiger partial charge in [-0.1, -0.05) is 30.3 Å². The van der Waals surface area contributed by atoms with E-state index in [1.807, 2.05) is 6.07 Å². The lowest BCUT2D eigenvalue weighted by Crippen LogP contribution is -2.38. The normalized spacial score (nSPS) is 10.1. The van der Waals surface area contributed by atoms with Gasteiger partial charge in [0, 0.05) is 5.56 Å². The molecule has 0 radical (unpaired) electrons. The van der Waals surface area contributed by atoms with E-state index in [0.717, 1.165) is 0 Å². The summed E-state index contributed by atoms with van der Waals surface area (Å²) in [5.41, 5.74) is 1.06. The van der Waals surface area contributed by atoms with E-state index in [4.69, 9.17) is 5.11 Å². The highest BCUT2D eigenvalue weighted by Crippen LogP contribution is 2.00.